The summed E-state index contributed by atoms with van der Waals surface area (Å²) in [5, 5.41) is 12.7. The number of hydrogen-bond donors (Lipinski definition) is 2. The third kappa shape index (κ3) is 7.21. The molecular formula is C38H37N7O3. The van der Waals surface area contributed by atoms with Crippen molar-refractivity contribution in [3.8, 4) is 28.7 Å². The highest BCUT2D eigenvalue weighted by Crippen LogP contribution is 2.36. The predicted octanol–water partition coefficient (Wildman–Crippen LogP) is 6.83. The van der Waals surface area contributed by atoms with Crippen molar-refractivity contribution in [1.82, 2.24) is 29.4 Å². The fourth-order valence-corrected chi connectivity index (χ4v) is 5.95. The number of ether oxygens (including phenoxy) is 1. The second kappa shape index (κ2) is 13.8. The van der Waals surface area contributed by atoms with E-state index >= 15 is 0 Å². The smallest absolute Gasteiger partial charge is 0.408 e. The molecule has 10 nitrogen and oxygen atoms in total. The highest BCUT2D eigenvalue weighted by atomic mass is 16.5. The first-order chi connectivity index (χ1) is 23.2. The summed E-state index contributed by atoms with van der Waals surface area (Å²) < 4.78 is 8.29. The number of fused-ring (bicyclic) bond motifs is 3. The molecule has 0 saturated heterocycles. The maximum absolute atomic E-state index is 12.4. The number of anilines is 1. The summed E-state index contributed by atoms with van der Waals surface area (Å²) in [7, 11) is 0. The lowest BCUT2D eigenvalue weighted by molar-refractivity contribution is 0.0512. The van der Waals surface area contributed by atoms with Crippen molar-refractivity contribution in [3.05, 3.63) is 109 Å². The summed E-state index contributed by atoms with van der Waals surface area (Å²) in [6.45, 7) is 6.58. The monoisotopic (exact) mass is 639 g/mol. The summed E-state index contributed by atoms with van der Waals surface area (Å²) in [4.78, 5) is 31.6. The zero-order chi connectivity index (χ0) is 33.7. The van der Waals surface area contributed by atoms with Crippen molar-refractivity contribution in [2.45, 2.75) is 51.7 Å². The van der Waals surface area contributed by atoms with E-state index in [9.17, 15) is 9.90 Å². The van der Waals surface area contributed by atoms with Gasteiger partial charge in [0.25, 0.3) is 0 Å². The number of rotatable bonds is 9. The van der Waals surface area contributed by atoms with Gasteiger partial charge in [-0.15, -0.1) is 0 Å². The van der Waals surface area contributed by atoms with Crippen LogP contribution in [0.4, 0.5) is 10.6 Å². The van der Waals surface area contributed by atoms with Crippen molar-refractivity contribution in [2.24, 2.45) is 0 Å². The molecule has 242 valence electrons. The van der Waals surface area contributed by atoms with Crippen LogP contribution in [-0.4, -0.2) is 58.8 Å². The van der Waals surface area contributed by atoms with Crippen LogP contribution in [-0.2, 0) is 13.0 Å². The van der Waals surface area contributed by atoms with Gasteiger partial charge in [-0.2, -0.15) is 0 Å². The molecule has 10 heteroatoms. The van der Waals surface area contributed by atoms with Crippen LogP contribution in [0.15, 0.2) is 98.1 Å². The Morgan fingerprint density at radius 3 is 2.60 bits per heavy atom. The lowest BCUT2D eigenvalue weighted by atomic mass is 9.98. The predicted molar refractivity (Wildman–Crippen MR) is 187 cm³/mol. The maximum Gasteiger partial charge on any atom is 0.408 e. The van der Waals surface area contributed by atoms with Crippen LogP contribution in [0.2, 0.25) is 0 Å². The Kier molecular flexibility index (Phi) is 9.21. The fraction of sp³-hybridized carbons (Fsp3) is 0.237. The van der Waals surface area contributed by atoms with Crippen molar-refractivity contribution >= 4 is 33.6 Å². The molecule has 48 heavy (non-hydrogen) atoms. The van der Waals surface area contributed by atoms with Gasteiger partial charge in [0.2, 0.25) is 0 Å². The van der Waals surface area contributed by atoms with Gasteiger partial charge in [0.1, 0.15) is 18.2 Å². The molecule has 0 fully saturated rings. The molecule has 1 atom stereocenters. The molecule has 3 N–H and O–H groups in total. The Hall–Kier alpha value is -5.95. The standard InChI is InChI=1S/C38H37N7O3/c1-38(2,3)45(37(46)47)29(17-26-9-5-4-6-10-26)24-48-30-19-28(20-41-21-30)32-22-43-36(39)33-23-42-34-18-27(12-13-31(34)35(32)33)11-7-8-15-44-16-14-40-25-44/h4-6,9-10,12-14,16,18-23,25,29H,8,15,17,24H2,1-3H3,(H2,39,43)(H,46,47)/t29-/m0/s1. The van der Waals surface area contributed by atoms with E-state index in [2.05, 4.69) is 26.8 Å². The zero-order valence-corrected chi connectivity index (χ0v) is 27.2. The molecule has 4 heterocycles. The third-order valence-electron chi connectivity index (χ3n) is 8.11. The van der Waals surface area contributed by atoms with Crippen LogP contribution in [0, 0.1) is 11.8 Å². The number of carbonyl (C=O) groups is 1. The van der Waals surface area contributed by atoms with Crippen LogP contribution in [0.3, 0.4) is 0 Å². The van der Waals surface area contributed by atoms with Crippen LogP contribution in [0.5, 0.6) is 5.75 Å². The first kappa shape index (κ1) is 32.0. The van der Waals surface area contributed by atoms with E-state index in [0.717, 1.165) is 50.5 Å². The molecule has 0 aliphatic heterocycles. The van der Waals surface area contributed by atoms with Gasteiger partial charge in [-0.1, -0.05) is 48.2 Å². The Morgan fingerprint density at radius 1 is 1.02 bits per heavy atom. The lowest BCUT2D eigenvalue weighted by Crippen LogP contribution is -2.54. The van der Waals surface area contributed by atoms with Gasteiger partial charge in [-0.25, -0.2) is 14.8 Å². The van der Waals surface area contributed by atoms with Crippen molar-refractivity contribution < 1.29 is 14.6 Å². The summed E-state index contributed by atoms with van der Waals surface area (Å²) in [5.41, 5.74) is 9.99. The van der Waals surface area contributed by atoms with Gasteiger partial charge in [0.05, 0.1) is 24.1 Å². The molecule has 1 amide bonds. The van der Waals surface area contributed by atoms with E-state index in [1.165, 1.54) is 4.90 Å². The van der Waals surface area contributed by atoms with Crippen LogP contribution in [0.1, 0.15) is 38.3 Å². The average Bonchev–Trinajstić information content (AvgIpc) is 3.59. The number of hydrogen-bond acceptors (Lipinski definition) is 7. The largest absolute Gasteiger partial charge is 0.490 e. The molecule has 4 aromatic heterocycles. The summed E-state index contributed by atoms with van der Waals surface area (Å²) in [6.07, 6.45) is 12.5. The second-order valence-corrected chi connectivity index (χ2v) is 12.6. The topological polar surface area (TPSA) is 132 Å². The number of pyridine rings is 3. The molecule has 0 bridgehead atoms. The van der Waals surface area contributed by atoms with Crippen LogP contribution in [0.25, 0.3) is 32.8 Å². The van der Waals surface area contributed by atoms with Crippen molar-refractivity contribution in [3.63, 3.8) is 0 Å². The molecular weight excluding hydrogens is 602 g/mol. The van der Waals surface area contributed by atoms with E-state index in [1.54, 1.807) is 37.3 Å². The minimum atomic E-state index is -0.998. The number of aromatic nitrogens is 5. The van der Waals surface area contributed by atoms with E-state index in [4.69, 9.17) is 15.5 Å². The van der Waals surface area contributed by atoms with Gasteiger partial charge in [0.15, 0.2) is 0 Å². The first-order valence-corrected chi connectivity index (χ1v) is 15.7. The van der Waals surface area contributed by atoms with E-state index < -0.39 is 17.7 Å². The van der Waals surface area contributed by atoms with Crippen LogP contribution < -0.4 is 10.5 Å². The number of carboxylic acid groups (broad SMARTS) is 1. The van der Waals surface area contributed by atoms with Gasteiger partial charge >= 0.3 is 6.09 Å². The number of imidazole rings is 1. The molecule has 0 aliphatic carbocycles. The van der Waals surface area contributed by atoms with Gasteiger partial charge < -0.3 is 20.1 Å². The lowest BCUT2D eigenvalue weighted by Gasteiger charge is -2.39. The summed E-state index contributed by atoms with van der Waals surface area (Å²) in [6, 6.07) is 17.3. The molecule has 6 aromatic rings. The van der Waals surface area contributed by atoms with E-state index in [1.807, 2.05) is 86.1 Å². The molecule has 0 spiro atoms. The molecule has 2 aromatic carbocycles. The Bertz CT molecular complexity index is 2110. The van der Waals surface area contributed by atoms with Crippen molar-refractivity contribution in [2.75, 3.05) is 12.3 Å². The second-order valence-electron chi connectivity index (χ2n) is 12.6. The normalized spacial score (nSPS) is 12.0. The number of aryl methyl sites for hydroxylation is 1. The molecule has 6 rings (SSSR count). The van der Waals surface area contributed by atoms with Gasteiger partial charge in [-0.05, 0) is 51.0 Å². The third-order valence-corrected chi connectivity index (χ3v) is 8.11. The highest BCUT2D eigenvalue weighted by molar-refractivity contribution is 6.15. The van der Waals surface area contributed by atoms with Crippen LogP contribution >= 0.6 is 0 Å². The number of nitrogen functional groups attached to an aromatic ring is 1. The zero-order valence-electron chi connectivity index (χ0n) is 27.2. The minimum Gasteiger partial charge on any atom is -0.490 e. The Labute approximate surface area is 279 Å². The minimum absolute atomic E-state index is 0.142. The average molecular weight is 640 g/mol. The molecule has 0 radical (unpaired) electrons. The number of nitrogens with zero attached hydrogens (tertiary/aromatic N) is 6. The van der Waals surface area contributed by atoms with E-state index in [-0.39, 0.29) is 6.61 Å². The number of nitrogens with two attached hydrogens (primary N) is 1. The highest BCUT2D eigenvalue weighted by Gasteiger charge is 2.34. The molecule has 0 saturated carbocycles. The fourth-order valence-electron chi connectivity index (χ4n) is 5.95. The van der Waals surface area contributed by atoms with Gasteiger partial charge in [-0.3, -0.25) is 14.9 Å². The van der Waals surface area contributed by atoms with Gasteiger partial charge in [0, 0.05) is 82.3 Å². The number of benzene rings is 2. The quantitative estimate of drug-likeness (QED) is 0.130. The summed E-state index contributed by atoms with van der Waals surface area (Å²) >= 11 is 0. The SMILES string of the molecule is CC(C)(C)N(C(=O)O)[C@H](COc1cncc(-c2cnc(N)c3cnc4cc(C#CCCn5ccnc5)ccc4c23)c1)Cc1ccccc1. The Balaban J connectivity index is 1.30. The first-order valence-electron chi connectivity index (χ1n) is 15.7. The molecule has 0 unspecified atom stereocenters. The summed E-state index contributed by atoms with van der Waals surface area (Å²) in [5.74, 6) is 7.38. The van der Waals surface area contributed by atoms with Crippen molar-refractivity contribution in [1.29, 1.82) is 0 Å². The Morgan fingerprint density at radius 2 is 1.85 bits per heavy atom. The molecule has 0 aliphatic rings. The number of amides is 1. The van der Waals surface area contributed by atoms with E-state index in [0.29, 0.717) is 24.4 Å². The maximum atomic E-state index is 12.4.